The smallest absolute Gasteiger partial charge is 0.335 e. The Morgan fingerprint density at radius 1 is 1.13 bits per heavy atom. The highest BCUT2D eigenvalue weighted by Crippen LogP contribution is 2.21. The van der Waals surface area contributed by atoms with Gasteiger partial charge in [-0.1, -0.05) is 35.9 Å². The second-order valence-corrected chi connectivity index (χ2v) is 7.91. The number of carbonyl (C=O) groups is 2. The van der Waals surface area contributed by atoms with Crippen molar-refractivity contribution >= 4 is 29.3 Å². The maximum Gasteiger partial charge on any atom is 0.335 e. The molecule has 1 unspecified atom stereocenters. The van der Waals surface area contributed by atoms with E-state index in [9.17, 15) is 9.59 Å². The zero-order chi connectivity index (χ0) is 22.5. The number of nitrogens with zero attached hydrogens (tertiary/aromatic N) is 2. The number of carboxylic acids is 1. The summed E-state index contributed by atoms with van der Waals surface area (Å²) < 4.78 is 0. The van der Waals surface area contributed by atoms with Crippen LogP contribution in [0.4, 0.5) is 5.82 Å². The number of rotatable bonds is 7. The number of benzene rings is 2. The van der Waals surface area contributed by atoms with Crippen LogP contribution in [0.3, 0.4) is 0 Å². The van der Waals surface area contributed by atoms with Gasteiger partial charge in [-0.2, -0.15) is 0 Å². The number of carbonyl (C=O) groups excluding carboxylic acids is 1. The molecule has 160 valence electrons. The minimum absolute atomic E-state index is 0.201. The van der Waals surface area contributed by atoms with Gasteiger partial charge in [0.05, 0.1) is 11.6 Å². The van der Waals surface area contributed by atoms with Crippen molar-refractivity contribution in [1.82, 2.24) is 10.3 Å². The van der Waals surface area contributed by atoms with Crippen LogP contribution in [0.15, 0.2) is 60.8 Å². The third kappa shape index (κ3) is 5.61. The highest BCUT2D eigenvalue weighted by Gasteiger charge is 2.17. The molecule has 0 saturated carbocycles. The molecule has 2 aromatic carbocycles. The van der Waals surface area contributed by atoms with Gasteiger partial charge in [0.2, 0.25) is 0 Å². The van der Waals surface area contributed by atoms with E-state index >= 15 is 0 Å². The molecule has 0 bridgehead atoms. The lowest BCUT2D eigenvalue weighted by Crippen LogP contribution is -2.29. The maximum atomic E-state index is 13.0. The van der Waals surface area contributed by atoms with Crippen LogP contribution in [-0.2, 0) is 6.54 Å². The summed E-state index contributed by atoms with van der Waals surface area (Å²) in [6.45, 7) is 4.31. The lowest BCUT2D eigenvalue weighted by molar-refractivity contribution is 0.0696. The van der Waals surface area contributed by atoms with Crippen molar-refractivity contribution in [3.63, 3.8) is 0 Å². The highest BCUT2D eigenvalue weighted by atomic mass is 35.5. The molecule has 0 aliphatic rings. The first-order valence-corrected chi connectivity index (χ1v) is 10.2. The molecule has 1 aromatic heterocycles. The molecule has 1 heterocycles. The number of hydrogen-bond acceptors (Lipinski definition) is 4. The minimum atomic E-state index is -0.987. The van der Waals surface area contributed by atoms with E-state index in [4.69, 9.17) is 16.7 Å². The predicted octanol–water partition coefficient (Wildman–Crippen LogP) is 4.87. The van der Waals surface area contributed by atoms with Gasteiger partial charge in [-0.05, 0) is 60.9 Å². The van der Waals surface area contributed by atoms with Gasteiger partial charge in [0.1, 0.15) is 5.82 Å². The number of hydrogen-bond donors (Lipinski definition) is 2. The molecule has 3 aromatic rings. The number of pyridine rings is 1. The fraction of sp³-hybridized carbons (Fsp3) is 0.208. The average molecular weight is 438 g/mol. The van der Waals surface area contributed by atoms with Crippen molar-refractivity contribution < 1.29 is 14.7 Å². The molecule has 0 saturated heterocycles. The lowest BCUT2D eigenvalue weighted by Gasteiger charge is -2.21. The topological polar surface area (TPSA) is 82.5 Å². The largest absolute Gasteiger partial charge is 0.478 e. The Morgan fingerprint density at radius 2 is 1.84 bits per heavy atom. The Balaban J connectivity index is 1.77. The number of carboxylic acid groups (broad SMARTS) is 1. The van der Waals surface area contributed by atoms with Gasteiger partial charge in [0.25, 0.3) is 5.91 Å². The summed E-state index contributed by atoms with van der Waals surface area (Å²) in [6.07, 6.45) is 1.80. The number of nitrogens with one attached hydrogen (secondary N) is 1. The van der Waals surface area contributed by atoms with Crippen molar-refractivity contribution in [2.24, 2.45) is 0 Å². The van der Waals surface area contributed by atoms with Gasteiger partial charge in [0.15, 0.2) is 0 Å². The maximum absolute atomic E-state index is 13.0. The Bertz CT molecular complexity index is 1080. The molecule has 1 atom stereocenters. The van der Waals surface area contributed by atoms with E-state index in [0.29, 0.717) is 17.1 Å². The molecule has 0 aliphatic carbocycles. The summed E-state index contributed by atoms with van der Waals surface area (Å²) in [5.41, 5.74) is 3.39. The summed E-state index contributed by atoms with van der Waals surface area (Å²) in [5.74, 6) is -0.435. The molecule has 0 radical (unpaired) electrons. The Labute approximate surface area is 186 Å². The molecule has 0 fully saturated rings. The van der Waals surface area contributed by atoms with Crippen LogP contribution in [0.1, 0.15) is 50.4 Å². The van der Waals surface area contributed by atoms with E-state index < -0.39 is 5.97 Å². The fourth-order valence-electron chi connectivity index (χ4n) is 3.19. The SMILES string of the molecule is Cc1ccc(N(C)Cc2ccc(Cl)cc2C(=O)NC(C)c2ccc(C(=O)O)cc2)nc1. The van der Waals surface area contributed by atoms with Crippen molar-refractivity contribution in [1.29, 1.82) is 0 Å². The summed E-state index contributed by atoms with van der Waals surface area (Å²) in [6, 6.07) is 15.3. The van der Waals surface area contributed by atoms with Crippen LogP contribution in [0.2, 0.25) is 5.02 Å². The van der Waals surface area contributed by atoms with Gasteiger partial charge >= 0.3 is 5.97 Å². The molecule has 0 spiro atoms. The lowest BCUT2D eigenvalue weighted by atomic mass is 10.0. The number of aryl methyl sites for hydroxylation is 1. The summed E-state index contributed by atoms with van der Waals surface area (Å²) in [5, 5.41) is 12.5. The van der Waals surface area contributed by atoms with Crippen molar-refractivity contribution in [3.05, 3.63) is 93.6 Å². The van der Waals surface area contributed by atoms with E-state index in [1.165, 1.54) is 12.1 Å². The monoisotopic (exact) mass is 437 g/mol. The van der Waals surface area contributed by atoms with Crippen LogP contribution in [0.5, 0.6) is 0 Å². The van der Waals surface area contributed by atoms with Gasteiger partial charge < -0.3 is 15.3 Å². The van der Waals surface area contributed by atoms with E-state index in [0.717, 1.165) is 22.5 Å². The molecule has 3 rings (SSSR count). The van der Waals surface area contributed by atoms with Crippen LogP contribution in [0.25, 0.3) is 0 Å². The predicted molar refractivity (Wildman–Crippen MR) is 122 cm³/mol. The van der Waals surface area contributed by atoms with Crippen LogP contribution < -0.4 is 10.2 Å². The Morgan fingerprint density at radius 3 is 2.45 bits per heavy atom. The van der Waals surface area contributed by atoms with Gasteiger partial charge in [0, 0.05) is 30.4 Å². The van der Waals surface area contributed by atoms with Gasteiger partial charge in [-0.3, -0.25) is 4.79 Å². The van der Waals surface area contributed by atoms with Crippen molar-refractivity contribution in [2.45, 2.75) is 26.4 Å². The molecular formula is C24H24ClN3O3. The zero-order valence-corrected chi connectivity index (χ0v) is 18.3. The van der Waals surface area contributed by atoms with Crippen LogP contribution in [-0.4, -0.2) is 29.0 Å². The average Bonchev–Trinajstić information content (AvgIpc) is 2.75. The molecule has 2 N–H and O–H groups in total. The molecule has 0 aliphatic heterocycles. The third-order valence-electron chi connectivity index (χ3n) is 5.02. The summed E-state index contributed by atoms with van der Waals surface area (Å²) in [4.78, 5) is 30.5. The highest BCUT2D eigenvalue weighted by molar-refractivity contribution is 6.31. The normalized spacial score (nSPS) is 11.6. The first-order valence-electron chi connectivity index (χ1n) is 9.81. The van der Waals surface area contributed by atoms with Crippen LogP contribution >= 0.6 is 11.6 Å². The van der Waals surface area contributed by atoms with E-state index in [1.807, 2.05) is 44.0 Å². The molecule has 1 amide bonds. The zero-order valence-electron chi connectivity index (χ0n) is 17.6. The second-order valence-electron chi connectivity index (χ2n) is 7.47. The van der Waals surface area contributed by atoms with E-state index in [2.05, 4.69) is 10.3 Å². The number of aromatic nitrogens is 1. The summed E-state index contributed by atoms with van der Waals surface area (Å²) >= 11 is 6.17. The van der Waals surface area contributed by atoms with E-state index in [1.54, 1.807) is 30.5 Å². The molecule has 6 nitrogen and oxygen atoms in total. The van der Waals surface area contributed by atoms with E-state index in [-0.39, 0.29) is 17.5 Å². The van der Waals surface area contributed by atoms with Gasteiger partial charge in [-0.15, -0.1) is 0 Å². The molecular weight excluding hydrogens is 414 g/mol. The molecule has 31 heavy (non-hydrogen) atoms. The first-order chi connectivity index (χ1) is 14.7. The van der Waals surface area contributed by atoms with Crippen LogP contribution in [0, 0.1) is 6.92 Å². The fourth-order valence-corrected chi connectivity index (χ4v) is 3.36. The number of halogens is 1. The van der Waals surface area contributed by atoms with Gasteiger partial charge in [-0.25, -0.2) is 9.78 Å². The quantitative estimate of drug-likeness (QED) is 0.551. The Kier molecular flexibility index (Phi) is 6.92. The number of amides is 1. The number of anilines is 1. The molecule has 7 heteroatoms. The van der Waals surface area contributed by atoms with Crippen molar-refractivity contribution in [2.75, 3.05) is 11.9 Å². The third-order valence-corrected chi connectivity index (χ3v) is 5.25. The second kappa shape index (κ2) is 9.62. The number of aromatic carboxylic acids is 1. The first kappa shape index (κ1) is 22.3. The Hall–Kier alpha value is -3.38. The standard InChI is InChI=1S/C24H24ClN3O3/c1-15-4-11-22(26-13-15)28(3)14-19-9-10-20(25)12-21(19)23(29)27-16(2)17-5-7-18(8-6-17)24(30)31/h4-13,16H,14H2,1-3H3,(H,27,29)(H,30,31). The minimum Gasteiger partial charge on any atom is -0.478 e. The summed E-state index contributed by atoms with van der Waals surface area (Å²) in [7, 11) is 1.92. The van der Waals surface area contributed by atoms with Crippen molar-refractivity contribution in [3.8, 4) is 0 Å².